The Morgan fingerprint density at radius 1 is 0.618 bits per heavy atom. The van der Waals surface area contributed by atoms with Gasteiger partial charge in [-0.25, -0.2) is 0 Å². The van der Waals surface area contributed by atoms with E-state index in [-0.39, 0.29) is 53.8 Å². The third-order valence-corrected chi connectivity index (χ3v) is 9.52. The molecule has 0 fully saturated rings. The minimum Gasteiger partial charge on any atom is -0.501 e. The fourth-order valence-electron chi connectivity index (χ4n) is 6.33. The summed E-state index contributed by atoms with van der Waals surface area (Å²) in [7, 11) is 0. The molecule has 3 nitrogen and oxygen atoms in total. The van der Waals surface area contributed by atoms with Crippen LogP contribution in [0.15, 0.2) is 132 Å². The molecule has 0 amide bonds. The van der Waals surface area contributed by atoms with Crippen molar-refractivity contribution in [3.05, 3.63) is 168 Å². The van der Waals surface area contributed by atoms with Crippen molar-refractivity contribution in [3.63, 3.8) is 0 Å². The van der Waals surface area contributed by atoms with Gasteiger partial charge in [-0.05, 0) is 80.9 Å². The van der Waals surface area contributed by atoms with Crippen molar-refractivity contribution >= 4 is 21.9 Å². The molecule has 3 aromatic heterocycles. The zero-order chi connectivity index (χ0) is 46.6. The number of hydrogen-bond acceptors (Lipinski definition) is 3. The van der Waals surface area contributed by atoms with E-state index >= 15 is 0 Å². The van der Waals surface area contributed by atoms with Gasteiger partial charge in [0.2, 0.25) is 0 Å². The maximum Gasteiger partial charge on any atom is 0.120 e. The largest absolute Gasteiger partial charge is 0.501 e. The van der Waals surface area contributed by atoms with Crippen molar-refractivity contribution < 1.29 is 38.2 Å². The molecule has 279 valence electrons. The number of para-hydroxylation sites is 1. The molecule has 0 N–H and O–H groups in total. The number of pyridine rings is 2. The van der Waals surface area contributed by atoms with E-state index in [9.17, 15) is 0 Å². The zero-order valence-corrected chi connectivity index (χ0v) is 34.1. The quantitative estimate of drug-likeness (QED) is 0.165. The molecule has 5 aromatic carbocycles. The van der Waals surface area contributed by atoms with Crippen LogP contribution in [0.4, 0.5) is 0 Å². The molecule has 0 saturated heterocycles. The van der Waals surface area contributed by atoms with Gasteiger partial charge in [0.1, 0.15) is 5.58 Å². The SMILES string of the molecule is [2H]C([2H])([2H])c1c[c-]c(-c2ccc(C(C)(C)C)cn2)cc1-c1ccccc1.[2H]c1cc(C(C)(C)C)cc(C([2H])([2H])[2H])c1-c1cc(-c2[c-]ccc3c2oc2ccccc23)ncc1C([2H])([2H])[2H].[Ir]. The van der Waals surface area contributed by atoms with E-state index in [4.69, 9.17) is 18.1 Å². The second-order valence-electron chi connectivity index (χ2n) is 15.5. The molecule has 0 unspecified atom stereocenters. The summed E-state index contributed by atoms with van der Waals surface area (Å²) in [5.41, 5.74) is 7.04. The van der Waals surface area contributed by atoms with Crippen molar-refractivity contribution in [3.8, 4) is 44.8 Å². The summed E-state index contributed by atoms with van der Waals surface area (Å²) < 4.78 is 87.7. The molecule has 8 aromatic rings. The minimum atomic E-state index is -2.59. The summed E-state index contributed by atoms with van der Waals surface area (Å²) in [5, 5.41) is 1.78. The molecular formula is C51H48IrN2O-2. The van der Waals surface area contributed by atoms with Crippen LogP contribution in [0, 0.1) is 32.7 Å². The van der Waals surface area contributed by atoms with Gasteiger partial charge >= 0.3 is 0 Å². The maximum absolute atomic E-state index is 8.85. The summed E-state index contributed by atoms with van der Waals surface area (Å²) in [4.78, 5) is 9.02. The second kappa shape index (κ2) is 15.9. The molecule has 8 rings (SSSR count). The first-order chi connectivity index (χ1) is 29.8. The minimum absolute atomic E-state index is 0. The molecule has 0 aliphatic rings. The van der Waals surface area contributed by atoms with Crippen molar-refractivity contribution in [2.75, 3.05) is 0 Å². The molecule has 0 aliphatic heterocycles. The third-order valence-electron chi connectivity index (χ3n) is 9.52. The number of hydrogen-bond donors (Lipinski definition) is 0. The van der Waals surface area contributed by atoms with Crippen LogP contribution in [-0.4, -0.2) is 9.97 Å². The molecule has 1 radical (unpaired) electrons. The number of fused-ring (bicyclic) bond motifs is 3. The molecular weight excluding hydrogens is 849 g/mol. The van der Waals surface area contributed by atoms with Gasteiger partial charge in [-0.1, -0.05) is 150 Å². The third kappa shape index (κ3) is 8.42. The maximum atomic E-state index is 8.85. The van der Waals surface area contributed by atoms with Crippen LogP contribution in [-0.2, 0) is 30.9 Å². The number of benzene rings is 5. The first-order valence-electron chi connectivity index (χ1n) is 22.9. The smallest absolute Gasteiger partial charge is 0.120 e. The van der Waals surface area contributed by atoms with Crippen LogP contribution in [0.2, 0.25) is 0 Å². The number of nitrogens with zero attached hydrogens (tertiary/aromatic N) is 2. The number of furan rings is 1. The fraction of sp³-hybridized carbons (Fsp3) is 0.216. The Kier molecular flexibility index (Phi) is 8.18. The first-order valence-corrected chi connectivity index (χ1v) is 17.9. The topological polar surface area (TPSA) is 38.9 Å². The predicted molar refractivity (Wildman–Crippen MR) is 227 cm³/mol. The van der Waals surface area contributed by atoms with Crippen LogP contribution < -0.4 is 0 Å². The van der Waals surface area contributed by atoms with E-state index in [1.165, 1.54) is 6.20 Å². The van der Waals surface area contributed by atoms with E-state index in [1.54, 1.807) is 30.3 Å². The molecule has 4 heteroatoms. The summed E-state index contributed by atoms with van der Waals surface area (Å²) in [6, 6.07) is 39.2. The number of aromatic nitrogens is 2. The van der Waals surface area contributed by atoms with Crippen LogP contribution in [0.5, 0.6) is 0 Å². The van der Waals surface area contributed by atoms with Crippen molar-refractivity contribution in [2.45, 2.75) is 72.9 Å². The molecule has 0 bridgehead atoms. The van der Waals surface area contributed by atoms with Crippen LogP contribution in [0.25, 0.3) is 66.7 Å². The monoisotopic (exact) mass is 907 g/mol. The summed E-state index contributed by atoms with van der Waals surface area (Å²) >= 11 is 0. The van der Waals surface area contributed by atoms with Gasteiger partial charge in [0, 0.05) is 50.2 Å². The van der Waals surface area contributed by atoms with E-state index in [1.807, 2.05) is 99.8 Å². The van der Waals surface area contributed by atoms with Gasteiger partial charge in [-0.3, -0.25) is 0 Å². The van der Waals surface area contributed by atoms with Crippen LogP contribution in [0.1, 0.15) is 83.1 Å². The van der Waals surface area contributed by atoms with Gasteiger partial charge in [0.25, 0.3) is 0 Å². The standard InChI is InChI=1S/C29H26NO.C22H22N.Ir/c1-18-15-20(29(3,4)5)13-14-21(18)25-16-26(30-17-19(25)2)24-11-8-10-23-22-9-6-7-12-27(22)31-28(23)24;1-16-10-11-18(14-20(16)17-8-6-5-7-9-17)21-13-12-19(15-23-21)22(2,3)4;/h6-10,12-17H,1-5H3;5-10,12-15H,1-4H3;/q2*-1;/i1D3,2D3,14D;1D3;. The normalized spacial score (nSPS) is 14.9. The average molecular weight is 907 g/mol. The van der Waals surface area contributed by atoms with E-state index in [0.29, 0.717) is 39.1 Å². The molecule has 0 saturated carbocycles. The van der Waals surface area contributed by atoms with Crippen molar-refractivity contribution in [1.82, 2.24) is 9.97 Å². The Hall–Kier alpha value is -5.15. The van der Waals surface area contributed by atoms with Gasteiger partial charge in [-0.2, -0.15) is 0 Å². The molecule has 0 spiro atoms. The molecule has 55 heavy (non-hydrogen) atoms. The first kappa shape index (κ1) is 28.3. The summed E-state index contributed by atoms with van der Waals surface area (Å²) in [6.45, 7) is 4.90. The van der Waals surface area contributed by atoms with Gasteiger partial charge in [-0.15, -0.1) is 47.5 Å². The average Bonchev–Trinajstić information content (AvgIpc) is 3.61. The van der Waals surface area contributed by atoms with Crippen molar-refractivity contribution in [2.24, 2.45) is 0 Å². The number of rotatable bonds is 4. The van der Waals surface area contributed by atoms with E-state index in [0.717, 1.165) is 33.2 Å². The molecule has 0 aliphatic carbocycles. The van der Waals surface area contributed by atoms with Gasteiger partial charge < -0.3 is 14.4 Å². The van der Waals surface area contributed by atoms with Crippen molar-refractivity contribution in [1.29, 1.82) is 0 Å². The Balaban J connectivity index is 0.000000227. The molecule has 0 atom stereocenters. The van der Waals surface area contributed by atoms with Gasteiger partial charge in [0.15, 0.2) is 0 Å². The Morgan fingerprint density at radius 3 is 2.05 bits per heavy atom. The van der Waals surface area contributed by atoms with Crippen LogP contribution in [0.3, 0.4) is 0 Å². The Morgan fingerprint density at radius 2 is 1.35 bits per heavy atom. The zero-order valence-electron chi connectivity index (χ0n) is 41.7. The molecule has 3 heterocycles. The second-order valence-corrected chi connectivity index (χ2v) is 15.5. The van der Waals surface area contributed by atoms with Crippen LogP contribution >= 0.6 is 0 Å². The van der Waals surface area contributed by atoms with Gasteiger partial charge in [0.05, 0.1) is 6.95 Å². The fourth-order valence-corrected chi connectivity index (χ4v) is 6.33. The van der Waals surface area contributed by atoms with E-state index in [2.05, 4.69) is 48.9 Å². The predicted octanol–water partition coefficient (Wildman–Crippen LogP) is 13.8. The summed E-state index contributed by atoms with van der Waals surface area (Å²) in [5.74, 6) is 0. The summed E-state index contributed by atoms with van der Waals surface area (Å²) in [6.07, 6.45) is 3.12. The Labute approximate surface area is 354 Å². The number of aryl methyl sites for hydroxylation is 3. The van der Waals surface area contributed by atoms with E-state index < -0.39 is 26.0 Å². The Bertz CT molecular complexity index is 2980.